The van der Waals surface area contributed by atoms with Gasteiger partial charge in [0.05, 0.1) is 6.61 Å². The minimum atomic E-state index is -2.91. The van der Waals surface area contributed by atoms with Crippen LogP contribution in [0.5, 0.6) is 11.5 Å². The summed E-state index contributed by atoms with van der Waals surface area (Å²) < 4.78 is 33.2. The monoisotopic (exact) mass is 216 g/mol. The number of carbonyl (C=O) groups excluding carboxylic acids is 1. The molecule has 0 aromatic heterocycles. The highest BCUT2D eigenvalue weighted by Gasteiger charge is 2.11. The Hall–Kier alpha value is -1.65. The number of ether oxygens (including phenoxy) is 2. The molecule has 0 radical (unpaired) electrons. The van der Waals surface area contributed by atoms with Crippen molar-refractivity contribution in [3.63, 3.8) is 0 Å². The van der Waals surface area contributed by atoms with E-state index in [2.05, 4.69) is 4.74 Å². The van der Waals surface area contributed by atoms with Crippen LogP contribution >= 0.6 is 0 Å². The van der Waals surface area contributed by atoms with Gasteiger partial charge in [0.25, 0.3) is 0 Å². The van der Waals surface area contributed by atoms with Crippen molar-refractivity contribution in [2.45, 2.75) is 13.5 Å². The Labute approximate surface area is 85.6 Å². The number of carbonyl (C=O) groups is 1. The summed E-state index contributed by atoms with van der Waals surface area (Å²) in [5.41, 5.74) is 0.347. The lowest BCUT2D eigenvalue weighted by Crippen LogP contribution is -2.04. The summed E-state index contributed by atoms with van der Waals surface area (Å²) in [6, 6.07) is 4.02. The number of alkyl halides is 2. The van der Waals surface area contributed by atoms with Crippen molar-refractivity contribution in [1.29, 1.82) is 0 Å². The lowest BCUT2D eigenvalue weighted by molar-refractivity contribution is -0.0514. The molecule has 1 aromatic rings. The molecule has 0 aliphatic rings. The maximum absolute atomic E-state index is 12.0. The number of rotatable bonds is 5. The number of benzene rings is 1. The zero-order valence-electron chi connectivity index (χ0n) is 8.07. The third kappa shape index (κ3) is 3.19. The van der Waals surface area contributed by atoms with Crippen LogP contribution in [-0.4, -0.2) is 19.5 Å². The quantitative estimate of drug-likeness (QED) is 0.709. The van der Waals surface area contributed by atoms with Crippen LogP contribution in [0.1, 0.15) is 17.3 Å². The third-order valence-electron chi connectivity index (χ3n) is 1.62. The predicted octanol–water partition coefficient (Wildman–Crippen LogP) is 2.50. The smallest absolute Gasteiger partial charge is 0.387 e. The molecule has 0 atom stereocenters. The van der Waals surface area contributed by atoms with Crippen LogP contribution in [0.15, 0.2) is 18.2 Å². The summed E-state index contributed by atoms with van der Waals surface area (Å²) in [5, 5.41) is 0. The Morgan fingerprint density at radius 2 is 2.13 bits per heavy atom. The van der Waals surface area contributed by atoms with E-state index in [-0.39, 0.29) is 11.5 Å². The van der Waals surface area contributed by atoms with E-state index in [1.807, 2.05) is 0 Å². The first-order valence-corrected chi connectivity index (χ1v) is 4.34. The number of aldehydes is 1. The number of halogens is 2. The summed E-state index contributed by atoms with van der Waals surface area (Å²) >= 11 is 0. The summed E-state index contributed by atoms with van der Waals surface area (Å²) in [6.45, 7) is -0.895. The van der Waals surface area contributed by atoms with Crippen LogP contribution in [0.3, 0.4) is 0 Å². The molecule has 0 aliphatic carbocycles. The zero-order chi connectivity index (χ0) is 11.3. The van der Waals surface area contributed by atoms with Gasteiger partial charge in [-0.2, -0.15) is 8.78 Å². The topological polar surface area (TPSA) is 35.5 Å². The Bertz CT molecular complexity index is 339. The van der Waals surface area contributed by atoms with E-state index < -0.39 is 6.61 Å². The van der Waals surface area contributed by atoms with Gasteiger partial charge in [0.1, 0.15) is 6.29 Å². The van der Waals surface area contributed by atoms with Gasteiger partial charge in [0, 0.05) is 5.56 Å². The molecule has 0 saturated carbocycles. The molecule has 0 heterocycles. The molecule has 0 amide bonds. The first-order chi connectivity index (χ1) is 7.17. The molecule has 0 N–H and O–H groups in total. The van der Waals surface area contributed by atoms with E-state index in [4.69, 9.17) is 4.74 Å². The summed E-state index contributed by atoms with van der Waals surface area (Å²) in [7, 11) is 0. The molecule has 0 bridgehead atoms. The Kier molecular flexibility index (Phi) is 4.03. The standard InChI is InChI=1S/C10H10F2O3/c1-2-14-9-5-7(6-13)3-4-8(9)15-10(11)12/h3-6,10H,2H2,1H3. The second-order valence-corrected chi connectivity index (χ2v) is 2.64. The van der Waals surface area contributed by atoms with E-state index in [1.165, 1.54) is 18.2 Å². The molecule has 5 heteroatoms. The van der Waals surface area contributed by atoms with Gasteiger partial charge in [-0.05, 0) is 25.1 Å². The average Bonchev–Trinajstić information content (AvgIpc) is 2.20. The van der Waals surface area contributed by atoms with Gasteiger partial charge in [-0.25, -0.2) is 0 Å². The fraction of sp³-hybridized carbons (Fsp3) is 0.300. The Balaban J connectivity index is 2.97. The molecule has 82 valence electrons. The molecule has 0 saturated heterocycles. The highest BCUT2D eigenvalue weighted by molar-refractivity contribution is 5.76. The molecule has 1 rings (SSSR count). The lowest BCUT2D eigenvalue weighted by atomic mass is 10.2. The van der Waals surface area contributed by atoms with E-state index in [0.717, 1.165) is 0 Å². The SMILES string of the molecule is CCOc1cc(C=O)ccc1OC(F)F. The van der Waals surface area contributed by atoms with Crippen molar-refractivity contribution < 1.29 is 23.0 Å². The zero-order valence-corrected chi connectivity index (χ0v) is 8.07. The largest absolute Gasteiger partial charge is 0.490 e. The molecular formula is C10H10F2O3. The van der Waals surface area contributed by atoms with Crippen molar-refractivity contribution in [2.24, 2.45) is 0 Å². The van der Waals surface area contributed by atoms with Crippen LogP contribution < -0.4 is 9.47 Å². The Morgan fingerprint density at radius 1 is 1.40 bits per heavy atom. The third-order valence-corrected chi connectivity index (χ3v) is 1.62. The average molecular weight is 216 g/mol. The molecule has 0 unspecified atom stereocenters. The van der Waals surface area contributed by atoms with Gasteiger partial charge in [0.15, 0.2) is 11.5 Å². The highest BCUT2D eigenvalue weighted by atomic mass is 19.3. The number of hydrogen-bond donors (Lipinski definition) is 0. The van der Waals surface area contributed by atoms with Gasteiger partial charge in [-0.3, -0.25) is 4.79 Å². The van der Waals surface area contributed by atoms with Crippen molar-refractivity contribution in [2.75, 3.05) is 6.61 Å². The van der Waals surface area contributed by atoms with Crippen molar-refractivity contribution in [1.82, 2.24) is 0 Å². The first-order valence-electron chi connectivity index (χ1n) is 4.34. The van der Waals surface area contributed by atoms with Gasteiger partial charge in [-0.1, -0.05) is 0 Å². The molecule has 15 heavy (non-hydrogen) atoms. The van der Waals surface area contributed by atoms with E-state index in [1.54, 1.807) is 6.92 Å². The van der Waals surface area contributed by atoms with Crippen LogP contribution in [0.25, 0.3) is 0 Å². The highest BCUT2D eigenvalue weighted by Crippen LogP contribution is 2.29. The first kappa shape index (κ1) is 11.4. The fourth-order valence-electron chi connectivity index (χ4n) is 1.06. The summed E-state index contributed by atoms with van der Waals surface area (Å²) in [5.74, 6) is 0.0693. The van der Waals surface area contributed by atoms with Gasteiger partial charge < -0.3 is 9.47 Å². The van der Waals surface area contributed by atoms with Gasteiger partial charge in [0.2, 0.25) is 0 Å². The van der Waals surface area contributed by atoms with Crippen molar-refractivity contribution in [3.8, 4) is 11.5 Å². The second kappa shape index (κ2) is 5.29. The van der Waals surface area contributed by atoms with Crippen molar-refractivity contribution >= 4 is 6.29 Å². The Morgan fingerprint density at radius 3 is 2.67 bits per heavy atom. The number of hydrogen-bond acceptors (Lipinski definition) is 3. The van der Waals surface area contributed by atoms with Crippen LogP contribution in [0.4, 0.5) is 8.78 Å². The second-order valence-electron chi connectivity index (χ2n) is 2.64. The minimum Gasteiger partial charge on any atom is -0.490 e. The summed E-state index contributed by atoms with van der Waals surface area (Å²) in [6.07, 6.45) is 0.606. The van der Waals surface area contributed by atoms with Crippen LogP contribution in [0, 0.1) is 0 Å². The van der Waals surface area contributed by atoms with Crippen molar-refractivity contribution in [3.05, 3.63) is 23.8 Å². The molecule has 1 aromatic carbocycles. The van der Waals surface area contributed by atoms with E-state index >= 15 is 0 Å². The maximum atomic E-state index is 12.0. The molecule has 3 nitrogen and oxygen atoms in total. The fourth-order valence-corrected chi connectivity index (χ4v) is 1.06. The van der Waals surface area contributed by atoms with Crippen LogP contribution in [0.2, 0.25) is 0 Å². The maximum Gasteiger partial charge on any atom is 0.387 e. The van der Waals surface area contributed by atoms with Gasteiger partial charge in [-0.15, -0.1) is 0 Å². The molecular weight excluding hydrogens is 206 g/mol. The van der Waals surface area contributed by atoms with E-state index in [0.29, 0.717) is 18.5 Å². The lowest BCUT2D eigenvalue weighted by Gasteiger charge is -2.11. The van der Waals surface area contributed by atoms with Gasteiger partial charge >= 0.3 is 6.61 Å². The van der Waals surface area contributed by atoms with E-state index in [9.17, 15) is 13.6 Å². The molecule has 0 fully saturated rings. The predicted molar refractivity (Wildman–Crippen MR) is 49.6 cm³/mol. The normalized spacial score (nSPS) is 10.1. The summed E-state index contributed by atoms with van der Waals surface area (Å²) in [4.78, 5) is 10.5. The van der Waals surface area contributed by atoms with Crippen LogP contribution in [-0.2, 0) is 0 Å². The molecule has 0 spiro atoms. The molecule has 0 aliphatic heterocycles. The minimum absolute atomic E-state index is 0.0718.